The van der Waals surface area contributed by atoms with Gasteiger partial charge in [0.1, 0.15) is 4.90 Å². The van der Waals surface area contributed by atoms with Crippen LogP contribution in [0.1, 0.15) is 11.4 Å². The summed E-state index contributed by atoms with van der Waals surface area (Å²) < 4.78 is 25.7. The van der Waals surface area contributed by atoms with Crippen LogP contribution in [-0.4, -0.2) is 30.5 Å². The third-order valence-corrected chi connectivity index (χ3v) is 4.60. The molecule has 0 radical (unpaired) electrons. The largest absolute Gasteiger partial charge is 0.445 e. The van der Waals surface area contributed by atoms with Gasteiger partial charge in [0.15, 0.2) is 0 Å². The van der Waals surface area contributed by atoms with Gasteiger partial charge < -0.3 is 4.84 Å². The number of anilines is 1. The fourth-order valence-electron chi connectivity index (χ4n) is 1.85. The minimum atomic E-state index is -4.26. The summed E-state index contributed by atoms with van der Waals surface area (Å²) in [5.74, 6) is -0.00676. The van der Waals surface area contributed by atoms with Crippen LogP contribution in [0.2, 0.25) is 5.02 Å². The van der Waals surface area contributed by atoms with Gasteiger partial charge in [-0.3, -0.25) is 5.32 Å². The van der Waals surface area contributed by atoms with Crippen LogP contribution in [-0.2, 0) is 14.9 Å². The van der Waals surface area contributed by atoms with Crippen LogP contribution >= 0.6 is 11.6 Å². The molecule has 0 saturated carbocycles. The molecule has 0 saturated heterocycles. The lowest BCUT2D eigenvalue weighted by Crippen LogP contribution is -2.38. The van der Waals surface area contributed by atoms with Gasteiger partial charge in [0, 0.05) is 11.4 Å². The van der Waals surface area contributed by atoms with Crippen molar-refractivity contribution in [2.45, 2.75) is 18.7 Å². The maximum atomic E-state index is 12.0. The molecule has 10 nitrogen and oxygen atoms in total. The highest BCUT2D eigenvalue weighted by Gasteiger charge is 2.22. The minimum absolute atomic E-state index is 0.00676. The fourth-order valence-corrected chi connectivity index (χ4v) is 3.24. The van der Waals surface area contributed by atoms with E-state index in [-0.39, 0.29) is 15.9 Å². The van der Waals surface area contributed by atoms with Crippen LogP contribution in [0.15, 0.2) is 35.2 Å². The number of aromatic nitrogens is 2. The molecule has 3 N–H and O–H groups in total. The van der Waals surface area contributed by atoms with Gasteiger partial charge in [0.2, 0.25) is 5.95 Å². The molecule has 0 aliphatic rings. The summed E-state index contributed by atoms with van der Waals surface area (Å²) in [5, 5.41) is 2.16. The Labute approximate surface area is 153 Å². The number of halogens is 1. The van der Waals surface area contributed by atoms with Gasteiger partial charge in [-0.15, -0.1) is 0 Å². The second kappa shape index (κ2) is 7.97. The zero-order chi connectivity index (χ0) is 19.3. The highest BCUT2D eigenvalue weighted by molar-refractivity contribution is 7.90. The van der Waals surface area contributed by atoms with Crippen LogP contribution in [0.4, 0.5) is 15.5 Å². The quantitative estimate of drug-likeness (QED) is 0.669. The average Bonchev–Trinajstić information content (AvgIpc) is 2.51. The number of aryl methyl sites for hydroxylation is 2. The van der Waals surface area contributed by atoms with Crippen LogP contribution in [0.5, 0.6) is 0 Å². The highest BCUT2D eigenvalue weighted by Crippen LogP contribution is 2.20. The Balaban J connectivity index is 1.92. The normalized spacial score (nSPS) is 10.7. The predicted molar refractivity (Wildman–Crippen MR) is 91.9 cm³/mol. The molecule has 2 aromatic rings. The smallest absolute Gasteiger partial charge is 0.319 e. The zero-order valence-corrected chi connectivity index (χ0v) is 15.2. The van der Waals surface area contributed by atoms with Crippen molar-refractivity contribution >= 4 is 39.7 Å². The van der Waals surface area contributed by atoms with Gasteiger partial charge >= 0.3 is 12.1 Å². The molecule has 26 heavy (non-hydrogen) atoms. The lowest BCUT2D eigenvalue weighted by molar-refractivity contribution is 0.109. The van der Waals surface area contributed by atoms with Crippen molar-refractivity contribution in [3.8, 4) is 0 Å². The molecule has 0 bridgehead atoms. The van der Waals surface area contributed by atoms with E-state index < -0.39 is 22.1 Å². The van der Waals surface area contributed by atoms with E-state index in [2.05, 4.69) is 20.1 Å². The maximum absolute atomic E-state index is 12.0. The Kier molecular flexibility index (Phi) is 5.95. The Morgan fingerprint density at radius 2 is 1.73 bits per heavy atom. The second-order valence-corrected chi connectivity index (χ2v) is 7.01. The molecule has 138 valence electrons. The monoisotopic (exact) mass is 399 g/mol. The summed E-state index contributed by atoms with van der Waals surface area (Å²) in [6, 6.07) is 6.24. The number of carbonyl (C=O) groups is 2. The van der Waals surface area contributed by atoms with Gasteiger partial charge in [0.25, 0.3) is 10.0 Å². The first-order chi connectivity index (χ1) is 12.2. The number of benzene rings is 1. The molecule has 3 amide bonds. The van der Waals surface area contributed by atoms with Crippen LogP contribution in [0.3, 0.4) is 0 Å². The summed E-state index contributed by atoms with van der Waals surface area (Å²) in [6.45, 7) is 3.42. The third kappa shape index (κ3) is 5.29. The van der Waals surface area contributed by atoms with Crippen molar-refractivity contribution in [2.24, 2.45) is 0 Å². The first-order valence-corrected chi connectivity index (χ1v) is 8.91. The number of rotatable bonds is 3. The van der Waals surface area contributed by atoms with Gasteiger partial charge in [-0.25, -0.2) is 32.7 Å². The topological polar surface area (TPSA) is 139 Å². The standard InChI is InChI=1S/C14H14ClN5O5S/c1-8-7-9(2)17-12(16-8)18-13(21)19-25-14(22)20-26(23,24)11-6-4-3-5-10(11)15/h3-7H,1-2H3,(H,20,22)(H2,16,17,18,19,21). The van der Waals surface area contributed by atoms with Crippen molar-refractivity contribution < 1.29 is 22.8 Å². The third-order valence-electron chi connectivity index (χ3n) is 2.79. The molecule has 0 aliphatic carbocycles. The number of carbonyl (C=O) groups excluding carboxylic acids is 2. The number of nitrogens with zero attached hydrogens (tertiary/aromatic N) is 2. The molecule has 1 aromatic heterocycles. The van der Waals surface area contributed by atoms with Crippen molar-refractivity contribution in [2.75, 3.05) is 5.32 Å². The maximum Gasteiger partial charge on any atom is 0.445 e. The molecule has 2 rings (SSSR count). The first kappa shape index (κ1) is 19.4. The van der Waals surface area contributed by atoms with Crippen molar-refractivity contribution in [1.29, 1.82) is 0 Å². The summed E-state index contributed by atoms with van der Waals surface area (Å²) in [7, 11) is -4.26. The molecule has 1 aromatic carbocycles. The number of hydrogen-bond donors (Lipinski definition) is 3. The van der Waals surface area contributed by atoms with E-state index in [1.807, 2.05) is 0 Å². The van der Waals surface area contributed by atoms with Gasteiger partial charge in [-0.05, 0) is 32.0 Å². The summed E-state index contributed by atoms with van der Waals surface area (Å²) in [5.41, 5.74) is 2.96. The molecule has 0 fully saturated rings. The number of urea groups is 1. The first-order valence-electron chi connectivity index (χ1n) is 7.05. The molecule has 12 heteroatoms. The molecule has 0 aliphatic heterocycles. The number of amides is 3. The van der Waals surface area contributed by atoms with Gasteiger partial charge in [0.05, 0.1) is 5.02 Å². The Morgan fingerprint density at radius 1 is 1.12 bits per heavy atom. The molecule has 0 spiro atoms. The van der Waals surface area contributed by atoms with E-state index in [4.69, 9.17) is 11.6 Å². The van der Waals surface area contributed by atoms with Crippen LogP contribution < -0.4 is 15.5 Å². The summed E-state index contributed by atoms with van der Waals surface area (Å²) in [6.07, 6.45) is -1.43. The van der Waals surface area contributed by atoms with Crippen LogP contribution in [0, 0.1) is 13.8 Å². The number of sulfonamides is 1. The van der Waals surface area contributed by atoms with E-state index in [9.17, 15) is 18.0 Å². The molecule has 0 atom stereocenters. The SMILES string of the molecule is Cc1cc(C)nc(NC(=O)NOC(=O)NS(=O)(=O)c2ccccc2Cl)n1. The number of hydrogen-bond acceptors (Lipinski definition) is 7. The fraction of sp³-hybridized carbons (Fsp3) is 0.143. The van der Waals surface area contributed by atoms with E-state index in [0.717, 1.165) is 0 Å². The van der Waals surface area contributed by atoms with Gasteiger partial charge in [-0.1, -0.05) is 23.7 Å². The molecular weight excluding hydrogens is 386 g/mol. The summed E-state index contributed by atoms with van der Waals surface area (Å²) >= 11 is 5.77. The molecule has 1 heterocycles. The number of nitrogens with one attached hydrogen (secondary N) is 3. The highest BCUT2D eigenvalue weighted by atomic mass is 35.5. The predicted octanol–water partition coefficient (Wildman–Crippen LogP) is 1.90. The van der Waals surface area contributed by atoms with E-state index in [0.29, 0.717) is 11.4 Å². The number of hydroxylamine groups is 1. The van der Waals surface area contributed by atoms with Crippen molar-refractivity contribution in [1.82, 2.24) is 20.2 Å². The minimum Gasteiger partial charge on any atom is -0.319 e. The van der Waals surface area contributed by atoms with E-state index in [1.54, 1.807) is 30.1 Å². The van der Waals surface area contributed by atoms with Crippen LogP contribution in [0.25, 0.3) is 0 Å². The average molecular weight is 400 g/mol. The Morgan fingerprint density at radius 3 is 2.35 bits per heavy atom. The Bertz CT molecular complexity index is 930. The van der Waals surface area contributed by atoms with E-state index in [1.165, 1.54) is 24.3 Å². The Hall–Kier alpha value is -2.92. The van der Waals surface area contributed by atoms with E-state index >= 15 is 0 Å². The van der Waals surface area contributed by atoms with Crippen molar-refractivity contribution in [3.63, 3.8) is 0 Å². The molecule has 0 unspecified atom stereocenters. The summed E-state index contributed by atoms with van der Waals surface area (Å²) in [4.78, 5) is 35.2. The zero-order valence-electron chi connectivity index (χ0n) is 13.6. The van der Waals surface area contributed by atoms with Crippen molar-refractivity contribution in [3.05, 3.63) is 46.7 Å². The second-order valence-electron chi connectivity index (χ2n) is 4.96. The van der Waals surface area contributed by atoms with Gasteiger partial charge in [-0.2, -0.15) is 5.48 Å². The lowest BCUT2D eigenvalue weighted by Gasteiger charge is -2.09. The molecular formula is C14H14ClN5O5S. The lowest BCUT2D eigenvalue weighted by atomic mass is 10.4.